The quantitative estimate of drug-likeness (QED) is 0.465. The van der Waals surface area contributed by atoms with Gasteiger partial charge in [0.25, 0.3) is 0 Å². The minimum absolute atomic E-state index is 0.456. The van der Waals surface area contributed by atoms with Crippen LogP contribution in [0, 0.1) is 0 Å². The molecule has 0 bridgehead atoms. The predicted octanol–water partition coefficient (Wildman–Crippen LogP) is 3.46. The summed E-state index contributed by atoms with van der Waals surface area (Å²) >= 11 is 5.73. The lowest BCUT2D eigenvalue weighted by Gasteiger charge is -2.03. The molecule has 0 aromatic rings. The molecule has 0 unspecified atom stereocenters. The predicted molar refractivity (Wildman–Crippen MR) is 56.6 cm³/mol. The zero-order chi connectivity index (χ0) is 9.56. The Morgan fingerprint density at radius 3 is 2.33 bits per heavy atom. The van der Waals surface area contributed by atoms with E-state index >= 15 is 0 Å². The first-order valence-electron chi connectivity index (χ1n) is 3.48. The molecular formula is C10H12ClN. The van der Waals surface area contributed by atoms with Crippen LogP contribution < -0.4 is 0 Å². The third kappa shape index (κ3) is 2.89. The maximum absolute atomic E-state index is 5.73. The Bertz CT molecular complexity index is 259. The third-order valence-corrected chi connectivity index (χ3v) is 1.51. The third-order valence-electron chi connectivity index (χ3n) is 1.30. The molecule has 0 atom stereocenters. The van der Waals surface area contributed by atoms with Crippen molar-refractivity contribution in [2.24, 2.45) is 4.99 Å². The van der Waals surface area contributed by atoms with Gasteiger partial charge < -0.3 is 0 Å². The Hall–Kier alpha value is -1.08. The van der Waals surface area contributed by atoms with Gasteiger partial charge in [-0.3, -0.25) is 4.99 Å². The molecule has 0 rings (SSSR count). The molecule has 0 saturated heterocycles. The van der Waals surface area contributed by atoms with E-state index in [0.29, 0.717) is 10.7 Å². The van der Waals surface area contributed by atoms with Crippen LogP contribution in [0.4, 0.5) is 0 Å². The Balaban J connectivity index is 4.95. The molecule has 0 radical (unpaired) electrons. The van der Waals surface area contributed by atoms with Crippen LogP contribution in [0.3, 0.4) is 0 Å². The first-order chi connectivity index (χ1) is 5.67. The van der Waals surface area contributed by atoms with Crippen LogP contribution in [0.2, 0.25) is 0 Å². The van der Waals surface area contributed by atoms with Gasteiger partial charge in [-0.2, -0.15) is 0 Å². The second-order valence-electron chi connectivity index (χ2n) is 2.05. The van der Waals surface area contributed by atoms with Gasteiger partial charge in [-0.25, -0.2) is 0 Å². The van der Waals surface area contributed by atoms with Crippen LogP contribution in [0.1, 0.15) is 6.92 Å². The molecule has 0 aromatic heterocycles. The van der Waals surface area contributed by atoms with E-state index in [1.807, 2.05) is 13.0 Å². The highest BCUT2D eigenvalue weighted by molar-refractivity contribution is 6.32. The number of hydrogen-bond donors (Lipinski definition) is 0. The summed E-state index contributed by atoms with van der Waals surface area (Å²) in [6.45, 7) is 12.5. The summed E-state index contributed by atoms with van der Waals surface area (Å²) < 4.78 is 0. The Kier molecular flexibility index (Phi) is 5.06. The topological polar surface area (TPSA) is 12.4 Å². The summed E-state index contributed by atoms with van der Waals surface area (Å²) in [6, 6.07) is 0. The van der Waals surface area contributed by atoms with Crippen molar-refractivity contribution in [2.75, 3.05) is 0 Å². The van der Waals surface area contributed by atoms with Gasteiger partial charge in [0.1, 0.15) is 0 Å². The molecule has 1 nitrogen and oxygen atoms in total. The summed E-state index contributed by atoms with van der Waals surface area (Å²) in [4.78, 5) is 3.80. The largest absolute Gasteiger partial charge is 0.264 e. The van der Waals surface area contributed by atoms with Crippen LogP contribution in [0.15, 0.2) is 52.7 Å². The van der Waals surface area contributed by atoms with Gasteiger partial charge in [-0.05, 0) is 19.7 Å². The zero-order valence-corrected chi connectivity index (χ0v) is 7.93. The van der Waals surface area contributed by atoms with Crippen LogP contribution in [-0.2, 0) is 0 Å². The molecule has 12 heavy (non-hydrogen) atoms. The number of halogens is 1. The lowest BCUT2D eigenvalue weighted by Crippen LogP contribution is -1.85. The van der Waals surface area contributed by atoms with E-state index in [9.17, 15) is 0 Å². The van der Waals surface area contributed by atoms with Gasteiger partial charge in [0.15, 0.2) is 0 Å². The first-order valence-corrected chi connectivity index (χ1v) is 3.86. The summed E-state index contributed by atoms with van der Waals surface area (Å²) in [5, 5.41) is 0.456. The molecule has 0 amide bonds. The molecule has 0 aromatic carbocycles. The van der Waals surface area contributed by atoms with Crippen molar-refractivity contribution in [3.05, 3.63) is 47.7 Å². The van der Waals surface area contributed by atoms with Gasteiger partial charge in [-0.1, -0.05) is 36.9 Å². The fourth-order valence-electron chi connectivity index (χ4n) is 0.783. The standard InChI is InChI=1S/C10H12ClN/c1-5-7-10(12-4)9(6-2)8(3)11/h5-7H,1,3-4H2,2H3/b9-6-,10-7+. The Morgan fingerprint density at radius 1 is 1.50 bits per heavy atom. The smallest absolute Gasteiger partial charge is 0.0705 e. The monoisotopic (exact) mass is 181 g/mol. The van der Waals surface area contributed by atoms with Crippen molar-refractivity contribution in [3.63, 3.8) is 0 Å². The van der Waals surface area contributed by atoms with E-state index in [-0.39, 0.29) is 0 Å². The summed E-state index contributed by atoms with van der Waals surface area (Å²) in [7, 11) is 0. The molecule has 0 aliphatic carbocycles. The lowest BCUT2D eigenvalue weighted by atomic mass is 10.1. The average Bonchev–Trinajstić information content (AvgIpc) is 2.03. The molecule has 0 aliphatic rings. The number of nitrogens with zero attached hydrogens (tertiary/aromatic N) is 1. The molecule has 0 fully saturated rings. The first kappa shape index (κ1) is 10.9. The normalized spacial score (nSPS) is 12.5. The van der Waals surface area contributed by atoms with Crippen molar-refractivity contribution >= 4 is 18.3 Å². The van der Waals surface area contributed by atoms with Gasteiger partial charge in [0.05, 0.1) is 5.70 Å². The van der Waals surface area contributed by atoms with E-state index in [1.54, 1.807) is 12.2 Å². The van der Waals surface area contributed by atoms with E-state index in [2.05, 4.69) is 24.9 Å². The number of rotatable bonds is 4. The van der Waals surface area contributed by atoms with Crippen molar-refractivity contribution in [1.29, 1.82) is 0 Å². The molecule has 0 aliphatic heterocycles. The molecule has 64 valence electrons. The van der Waals surface area contributed by atoms with Crippen LogP contribution in [0.5, 0.6) is 0 Å². The summed E-state index contributed by atoms with van der Waals surface area (Å²) in [5.41, 5.74) is 1.47. The molecule has 0 saturated carbocycles. The molecule has 0 spiro atoms. The second-order valence-corrected chi connectivity index (χ2v) is 2.51. The van der Waals surface area contributed by atoms with Gasteiger partial charge in [-0.15, -0.1) is 0 Å². The number of hydrogen-bond acceptors (Lipinski definition) is 1. The highest BCUT2D eigenvalue weighted by atomic mass is 35.5. The van der Waals surface area contributed by atoms with Crippen molar-refractivity contribution in [2.45, 2.75) is 6.92 Å². The maximum atomic E-state index is 5.73. The fourth-order valence-corrected chi connectivity index (χ4v) is 0.989. The zero-order valence-electron chi connectivity index (χ0n) is 7.18. The van der Waals surface area contributed by atoms with E-state index in [0.717, 1.165) is 5.57 Å². The van der Waals surface area contributed by atoms with E-state index < -0.39 is 0 Å². The van der Waals surface area contributed by atoms with Gasteiger partial charge in [0, 0.05) is 10.6 Å². The molecule has 2 heteroatoms. The summed E-state index contributed by atoms with van der Waals surface area (Å²) in [5.74, 6) is 0. The Labute approximate surface area is 78.5 Å². The van der Waals surface area contributed by atoms with Gasteiger partial charge in [0.2, 0.25) is 0 Å². The van der Waals surface area contributed by atoms with Gasteiger partial charge >= 0.3 is 0 Å². The van der Waals surface area contributed by atoms with E-state index in [4.69, 9.17) is 11.6 Å². The minimum atomic E-state index is 0.456. The highest BCUT2D eigenvalue weighted by Crippen LogP contribution is 2.21. The van der Waals surface area contributed by atoms with E-state index in [1.165, 1.54) is 0 Å². The fraction of sp³-hybridized carbons (Fsp3) is 0.100. The van der Waals surface area contributed by atoms with Crippen LogP contribution >= 0.6 is 11.6 Å². The van der Waals surface area contributed by atoms with Crippen molar-refractivity contribution in [1.82, 2.24) is 0 Å². The van der Waals surface area contributed by atoms with Crippen molar-refractivity contribution in [3.8, 4) is 0 Å². The van der Waals surface area contributed by atoms with Crippen molar-refractivity contribution < 1.29 is 0 Å². The Morgan fingerprint density at radius 2 is 2.08 bits per heavy atom. The lowest BCUT2D eigenvalue weighted by molar-refractivity contribution is 1.34. The van der Waals surface area contributed by atoms with Crippen LogP contribution in [-0.4, -0.2) is 6.72 Å². The molecule has 0 heterocycles. The number of allylic oxidation sites excluding steroid dienone is 4. The number of aliphatic imine (C=N–C) groups is 1. The SMILES string of the molecule is C=C/C=C(N=C)\C(=C/C)C(=C)Cl. The average molecular weight is 182 g/mol. The highest BCUT2D eigenvalue weighted by Gasteiger charge is 2.02. The maximum Gasteiger partial charge on any atom is 0.0705 e. The molecule has 0 N–H and O–H groups in total. The van der Waals surface area contributed by atoms with Crippen LogP contribution in [0.25, 0.3) is 0 Å². The minimum Gasteiger partial charge on any atom is -0.264 e. The summed E-state index contributed by atoms with van der Waals surface area (Å²) in [6.07, 6.45) is 5.20. The molecular weight excluding hydrogens is 170 g/mol. The second kappa shape index (κ2) is 5.56.